The van der Waals surface area contributed by atoms with E-state index in [0.717, 1.165) is 19.3 Å². The van der Waals surface area contributed by atoms with Crippen LogP contribution in [0.5, 0.6) is 0 Å². The van der Waals surface area contributed by atoms with Gasteiger partial charge in [0.1, 0.15) is 6.04 Å². The van der Waals surface area contributed by atoms with Crippen LogP contribution in [0.3, 0.4) is 0 Å². The molecule has 0 aromatic heterocycles. The van der Waals surface area contributed by atoms with Gasteiger partial charge in [-0.25, -0.2) is 9.59 Å². The van der Waals surface area contributed by atoms with Crippen LogP contribution >= 0.6 is 0 Å². The first-order valence-corrected chi connectivity index (χ1v) is 7.03. The highest BCUT2D eigenvalue weighted by Crippen LogP contribution is 2.20. The highest BCUT2D eigenvalue weighted by atomic mass is 16.5. The second kappa shape index (κ2) is 6.23. The zero-order chi connectivity index (χ0) is 13.8. The van der Waals surface area contributed by atoms with Gasteiger partial charge in [-0.2, -0.15) is 0 Å². The number of nitrogens with zero attached hydrogens (tertiary/aromatic N) is 2. The lowest BCUT2D eigenvalue weighted by Crippen LogP contribution is -2.56. The molecule has 6 heteroatoms. The summed E-state index contributed by atoms with van der Waals surface area (Å²) in [5.41, 5.74) is 0. The predicted octanol–water partition coefficient (Wildman–Crippen LogP) is 1.16. The van der Waals surface area contributed by atoms with Crippen molar-refractivity contribution in [3.63, 3.8) is 0 Å². The van der Waals surface area contributed by atoms with E-state index in [0.29, 0.717) is 32.7 Å². The summed E-state index contributed by atoms with van der Waals surface area (Å²) in [5.74, 6) is -0.895. The molecule has 0 aliphatic carbocycles. The van der Waals surface area contributed by atoms with E-state index in [1.54, 1.807) is 4.90 Å². The van der Waals surface area contributed by atoms with Gasteiger partial charge in [-0.3, -0.25) is 0 Å². The fourth-order valence-corrected chi connectivity index (χ4v) is 2.74. The van der Waals surface area contributed by atoms with Gasteiger partial charge in [0.2, 0.25) is 0 Å². The molecule has 1 N–H and O–H groups in total. The Balaban J connectivity index is 2.02. The van der Waals surface area contributed by atoms with Crippen molar-refractivity contribution in [2.75, 3.05) is 26.2 Å². The van der Waals surface area contributed by atoms with E-state index in [1.807, 2.05) is 6.92 Å². The number of aliphatic carboxylic acids is 1. The quantitative estimate of drug-likeness (QED) is 0.817. The zero-order valence-corrected chi connectivity index (χ0v) is 11.4. The number of rotatable bonds is 2. The number of piperidine rings is 1. The fourth-order valence-electron chi connectivity index (χ4n) is 2.74. The van der Waals surface area contributed by atoms with Crippen LogP contribution in [0.25, 0.3) is 0 Å². The van der Waals surface area contributed by atoms with Crippen molar-refractivity contribution in [1.82, 2.24) is 9.80 Å². The number of carboxylic acid groups (broad SMARTS) is 1. The standard InChI is InChI=1S/C13H22N2O4/c1-2-10-9-14(7-8-19-10)13(18)15-6-4-3-5-11(15)12(16)17/h10-11H,2-9H2,1H3,(H,16,17). The van der Waals surface area contributed by atoms with Gasteiger partial charge in [-0.1, -0.05) is 6.92 Å². The maximum Gasteiger partial charge on any atom is 0.326 e. The van der Waals surface area contributed by atoms with Gasteiger partial charge in [0.05, 0.1) is 12.7 Å². The third-order valence-electron chi connectivity index (χ3n) is 3.90. The highest BCUT2D eigenvalue weighted by molar-refractivity contribution is 5.83. The molecule has 0 saturated carbocycles. The number of carboxylic acids is 1. The largest absolute Gasteiger partial charge is 0.480 e. The molecule has 2 rings (SSSR count). The molecule has 2 saturated heterocycles. The SMILES string of the molecule is CCC1CN(C(=O)N2CCCCC2C(=O)O)CCO1. The van der Waals surface area contributed by atoms with Crippen molar-refractivity contribution in [2.45, 2.75) is 44.8 Å². The molecule has 0 aromatic carbocycles. The summed E-state index contributed by atoms with van der Waals surface area (Å²) < 4.78 is 5.54. The zero-order valence-electron chi connectivity index (χ0n) is 11.4. The van der Waals surface area contributed by atoms with E-state index in [9.17, 15) is 14.7 Å². The topological polar surface area (TPSA) is 70.1 Å². The Morgan fingerprint density at radius 1 is 1.32 bits per heavy atom. The normalized spacial score (nSPS) is 28.3. The van der Waals surface area contributed by atoms with Gasteiger partial charge >= 0.3 is 12.0 Å². The minimum Gasteiger partial charge on any atom is -0.480 e. The van der Waals surface area contributed by atoms with Gasteiger partial charge in [0.15, 0.2) is 0 Å². The van der Waals surface area contributed by atoms with Crippen LogP contribution < -0.4 is 0 Å². The lowest BCUT2D eigenvalue weighted by Gasteiger charge is -2.40. The molecule has 108 valence electrons. The molecule has 0 spiro atoms. The Labute approximate surface area is 113 Å². The smallest absolute Gasteiger partial charge is 0.326 e. The maximum atomic E-state index is 12.5. The molecule has 0 aromatic rings. The summed E-state index contributed by atoms with van der Waals surface area (Å²) in [6.07, 6.45) is 3.26. The summed E-state index contributed by atoms with van der Waals surface area (Å²) in [7, 11) is 0. The van der Waals surface area contributed by atoms with Crippen molar-refractivity contribution in [3.8, 4) is 0 Å². The second-order valence-electron chi connectivity index (χ2n) is 5.17. The lowest BCUT2D eigenvalue weighted by molar-refractivity contribution is -0.143. The van der Waals surface area contributed by atoms with E-state index >= 15 is 0 Å². The second-order valence-corrected chi connectivity index (χ2v) is 5.17. The molecule has 0 bridgehead atoms. The molecular formula is C13H22N2O4. The van der Waals surface area contributed by atoms with Crippen LogP contribution in [0.1, 0.15) is 32.6 Å². The summed E-state index contributed by atoms with van der Waals surface area (Å²) in [6, 6.07) is -0.807. The van der Waals surface area contributed by atoms with Crippen LogP contribution in [-0.4, -0.2) is 65.3 Å². The molecule has 2 aliphatic rings. The molecule has 2 amide bonds. The number of hydrogen-bond donors (Lipinski definition) is 1. The maximum absolute atomic E-state index is 12.5. The first kappa shape index (κ1) is 14.1. The lowest BCUT2D eigenvalue weighted by atomic mass is 10.0. The van der Waals surface area contributed by atoms with E-state index in [-0.39, 0.29) is 12.1 Å². The summed E-state index contributed by atoms with van der Waals surface area (Å²) in [5, 5.41) is 9.22. The van der Waals surface area contributed by atoms with Crippen LogP contribution in [0.2, 0.25) is 0 Å². The van der Waals surface area contributed by atoms with Crippen molar-refractivity contribution in [3.05, 3.63) is 0 Å². The van der Waals surface area contributed by atoms with E-state index in [2.05, 4.69) is 0 Å². The summed E-state index contributed by atoms with van der Waals surface area (Å²) in [4.78, 5) is 27.0. The molecule has 2 atom stereocenters. The van der Waals surface area contributed by atoms with Crippen molar-refractivity contribution in [2.24, 2.45) is 0 Å². The predicted molar refractivity (Wildman–Crippen MR) is 69.0 cm³/mol. The number of amides is 2. The monoisotopic (exact) mass is 270 g/mol. The Morgan fingerprint density at radius 3 is 2.79 bits per heavy atom. The summed E-state index contributed by atoms with van der Waals surface area (Å²) in [6.45, 7) is 4.23. The minimum absolute atomic E-state index is 0.0748. The van der Waals surface area contributed by atoms with E-state index < -0.39 is 12.0 Å². The van der Waals surface area contributed by atoms with Crippen LogP contribution in [0.4, 0.5) is 4.79 Å². The van der Waals surface area contributed by atoms with Gasteiger partial charge in [0, 0.05) is 19.6 Å². The van der Waals surface area contributed by atoms with Crippen LogP contribution in [0, 0.1) is 0 Å². The number of morpholine rings is 1. The van der Waals surface area contributed by atoms with Crippen LogP contribution in [-0.2, 0) is 9.53 Å². The Bertz CT molecular complexity index is 348. The molecular weight excluding hydrogens is 248 g/mol. The molecule has 2 unspecified atom stereocenters. The molecule has 2 heterocycles. The third kappa shape index (κ3) is 3.18. The molecule has 2 aliphatic heterocycles. The number of carbonyl (C=O) groups is 2. The number of likely N-dealkylation sites (tertiary alicyclic amines) is 1. The van der Waals surface area contributed by atoms with Crippen molar-refractivity contribution >= 4 is 12.0 Å². The number of hydrogen-bond acceptors (Lipinski definition) is 3. The number of ether oxygens (including phenoxy) is 1. The summed E-state index contributed by atoms with van der Waals surface area (Å²) >= 11 is 0. The van der Waals surface area contributed by atoms with Crippen molar-refractivity contribution < 1.29 is 19.4 Å². The van der Waals surface area contributed by atoms with Crippen molar-refractivity contribution in [1.29, 1.82) is 0 Å². The minimum atomic E-state index is -0.895. The first-order valence-electron chi connectivity index (χ1n) is 7.03. The first-order chi connectivity index (χ1) is 9.13. The molecule has 2 fully saturated rings. The van der Waals surface area contributed by atoms with Gasteiger partial charge in [-0.05, 0) is 25.7 Å². The van der Waals surface area contributed by atoms with Crippen LogP contribution in [0.15, 0.2) is 0 Å². The number of urea groups is 1. The fraction of sp³-hybridized carbons (Fsp3) is 0.846. The number of carbonyl (C=O) groups excluding carboxylic acids is 1. The van der Waals surface area contributed by atoms with E-state index in [1.165, 1.54) is 4.90 Å². The average Bonchev–Trinajstić information content (AvgIpc) is 2.46. The molecule has 19 heavy (non-hydrogen) atoms. The Kier molecular flexibility index (Phi) is 4.63. The van der Waals surface area contributed by atoms with E-state index in [4.69, 9.17) is 4.74 Å². The third-order valence-corrected chi connectivity index (χ3v) is 3.90. The Hall–Kier alpha value is -1.30. The highest BCUT2D eigenvalue weighted by Gasteiger charge is 2.35. The molecule has 0 radical (unpaired) electrons. The van der Waals surface area contributed by atoms with Gasteiger partial charge < -0.3 is 19.6 Å². The molecule has 6 nitrogen and oxygen atoms in total. The average molecular weight is 270 g/mol. The Morgan fingerprint density at radius 2 is 2.11 bits per heavy atom. The van der Waals surface area contributed by atoms with Gasteiger partial charge in [0.25, 0.3) is 0 Å². The van der Waals surface area contributed by atoms with Gasteiger partial charge in [-0.15, -0.1) is 0 Å².